The largest absolute Gasteiger partial charge is 0.480 e. The summed E-state index contributed by atoms with van der Waals surface area (Å²) < 4.78 is 0. The topological polar surface area (TPSA) is 414 Å². The number of nitrogens with two attached hydrogens (primary N) is 1. The Morgan fingerprint density at radius 1 is 0.645 bits per heavy atom. The first-order valence-electron chi connectivity index (χ1n) is 24.5. The Bertz CT molecular complexity index is 2550. The Labute approximate surface area is 442 Å². The van der Waals surface area contributed by atoms with E-state index in [0.29, 0.717) is 29.1 Å². The number of carbonyl (C=O) groups is 9. The highest BCUT2D eigenvalue weighted by atomic mass is 32.1. The van der Waals surface area contributed by atoms with Gasteiger partial charge in [-0.3, -0.25) is 38.4 Å². The number of hydrogen-bond acceptors (Lipinski definition) is 16. The van der Waals surface area contributed by atoms with Crippen LogP contribution in [0.5, 0.6) is 0 Å². The van der Waals surface area contributed by atoms with Gasteiger partial charge in [0.1, 0.15) is 48.3 Å². The molecule has 412 valence electrons. The number of nitrogens with one attached hydrogen (secondary N) is 10. The summed E-state index contributed by atoms with van der Waals surface area (Å²) >= 11 is 4.18. The summed E-state index contributed by atoms with van der Waals surface area (Å²) in [6.45, 7) is 3.87. The molecule has 28 heteroatoms. The predicted molar refractivity (Wildman–Crippen MR) is 273 cm³/mol. The van der Waals surface area contributed by atoms with E-state index < -0.39 is 126 Å². The summed E-state index contributed by atoms with van der Waals surface area (Å²) in [7, 11) is 0. The van der Waals surface area contributed by atoms with Gasteiger partial charge < -0.3 is 78.1 Å². The van der Waals surface area contributed by atoms with Gasteiger partial charge in [-0.2, -0.15) is 12.6 Å². The maximum Gasteiger partial charge on any atom is 0.326 e. The van der Waals surface area contributed by atoms with Crippen molar-refractivity contribution in [1.82, 2.24) is 72.0 Å². The SMILES string of the molecule is CC(C)C[C@H](NC(=O)[C@H](CO)NC(=O)[C@H](CS)NC(=O)[C@@H](NC(=O)[C@H](Cc1cnc[nH]1)NC(=O)[C@@H](N)Cc1cnc[nH]1)[C@@H](C)O)C(=O)N[C@@H](Cc1cnc[nH]1)C(=O)N[C@@H](Cc1ccccc1)C(=O)N1CCC[C@H]1C(=O)O. The number of carbonyl (C=O) groups excluding carboxylic acids is 8. The number of rotatable bonds is 29. The highest BCUT2D eigenvalue weighted by molar-refractivity contribution is 7.80. The molecule has 15 N–H and O–H groups in total. The van der Waals surface area contributed by atoms with Crippen molar-refractivity contribution in [1.29, 1.82) is 0 Å². The van der Waals surface area contributed by atoms with Crippen molar-refractivity contribution in [3.8, 4) is 0 Å². The third-order valence-electron chi connectivity index (χ3n) is 12.3. The first-order valence-corrected chi connectivity index (χ1v) is 25.2. The number of amides is 8. The number of carboxylic acids is 1. The van der Waals surface area contributed by atoms with Crippen LogP contribution in [0.2, 0.25) is 0 Å². The molecule has 0 aliphatic carbocycles. The summed E-state index contributed by atoms with van der Waals surface area (Å²) in [6, 6.07) is -3.76. The molecule has 27 nitrogen and oxygen atoms in total. The fraction of sp³-hybridized carbons (Fsp3) is 0.500. The van der Waals surface area contributed by atoms with E-state index in [0.717, 1.165) is 0 Å². The standard InChI is InChI=1S/C48H67N15O12S/c1-25(2)12-32(41(67)58-33(15-29-18-51-23-54-29)42(68)59-35(13-27-8-5-4-6-9-27)47(73)63-11-7-10-38(63)48(74)75)57-44(70)36(20-64)60-45(71)37(21-76)61-46(72)39(26(3)65)62-43(69)34(16-30-19-52-24-55-30)56-40(66)31(49)14-28-17-50-22-53-28/h4-6,8-9,17-19,22-26,31-39,64-65,76H,7,10-16,20-21,49H2,1-3H3,(H,50,53)(H,51,54)(H,52,55)(H,56,66)(H,57,70)(H,58,67)(H,59,68)(H,60,71)(H,61,72)(H,62,69)(H,74,75)/t26-,31+,32+,33+,34+,35+,36+,37+,38+,39+/m1/s1. The lowest BCUT2D eigenvalue weighted by molar-refractivity contribution is -0.149. The summed E-state index contributed by atoms with van der Waals surface area (Å²) in [5.74, 6) is -8.87. The predicted octanol–water partition coefficient (Wildman–Crippen LogP) is -3.73. The van der Waals surface area contributed by atoms with Crippen molar-refractivity contribution in [2.45, 2.75) is 126 Å². The first kappa shape index (κ1) is 59.2. The Balaban J connectivity index is 1.26. The van der Waals surface area contributed by atoms with E-state index in [9.17, 15) is 58.5 Å². The molecule has 0 bridgehead atoms. The van der Waals surface area contributed by atoms with Gasteiger partial charge in [0.15, 0.2) is 0 Å². The van der Waals surface area contributed by atoms with Crippen LogP contribution >= 0.6 is 12.6 Å². The number of aromatic nitrogens is 6. The number of nitrogens with zero attached hydrogens (tertiary/aromatic N) is 4. The maximum absolute atomic E-state index is 14.3. The van der Waals surface area contributed by atoms with Crippen LogP contribution in [0.1, 0.15) is 62.7 Å². The normalized spacial score (nSPS) is 16.8. The van der Waals surface area contributed by atoms with Crippen LogP contribution in [0.15, 0.2) is 67.9 Å². The molecule has 0 radical (unpaired) electrons. The second kappa shape index (κ2) is 28.8. The lowest BCUT2D eigenvalue weighted by Gasteiger charge is -2.30. The van der Waals surface area contributed by atoms with Gasteiger partial charge in [-0.05, 0) is 37.7 Å². The molecule has 0 spiro atoms. The number of H-pyrrole nitrogens is 3. The van der Waals surface area contributed by atoms with E-state index >= 15 is 0 Å². The quantitative estimate of drug-likeness (QED) is 0.0233. The molecule has 0 saturated carbocycles. The molecule has 4 heterocycles. The molecule has 1 fully saturated rings. The van der Waals surface area contributed by atoms with E-state index in [4.69, 9.17) is 5.73 Å². The molecule has 1 aromatic carbocycles. The Kier molecular flexibility index (Phi) is 22.5. The van der Waals surface area contributed by atoms with E-state index in [-0.39, 0.29) is 51.0 Å². The van der Waals surface area contributed by atoms with Crippen LogP contribution in [0.25, 0.3) is 0 Å². The second-order valence-corrected chi connectivity index (χ2v) is 19.1. The number of aliphatic hydroxyl groups excluding tert-OH is 2. The van der Waals surface area contributed by atoms with Crippen molar-refractivity contribution in [3.63, 3.8) is 0 Å². The third-order valence-corrected chi connectivity index (χ3v) is 12.7. The number of likely N-dealkylation sites (tertiary alicyclic amines) is 1. The smallest absolute Gasteiger partial charge is 0.326 e. The summed E-state index contributed by atoms with van der Waals surface area (Å²) in [5, 5.41) is 48.5. The van der Waals surface area contributed by atoms with Crippen LogP contribution in [0, 0.1) is 5.92 Å². The van der Waals surface area contributed by atoms with Gasteiger partial charge in [0, 0.05) is 73.7 Å². The zero-order valence-corrected chi connectivity index (χ0v) is 43.0. The van der Waals surface area contributed by atoms with Gasteiger partial charge in [-0.25, -0.2) is 19.7 Å². The number of thiol groups is 1. The van der Waals surface area contributed by atoms with Crippen LogP contribution in [-0.2, 0) is 68.8 Å². The Morgan fingerprint density at radius 3 is 1.63 bits per heavy atom. The second-order valence-electron chi connectivity index (χ2n) is 18.8. The van der Waals surface area contributed by atoms with Gasteiger partial charge in [-0.15, -0.1) is 0 Å². The van der Waals surface area contributed by atoms with Crippen molar-refractivity contribution in [2.24, 2.45) is 11.7 Å². The molecule has 5 rings (SSSR count). The molecule has 76 heavy (non-hydrogen) atoms. The molecule has 1 aliphatic rings. The Morgan fingerprint density at radius 2 is 1.12 bits per heavy atom. The molecule has 3 aromatic heterocycles. The number of aromatic amines is 3. The fourth-order valence-electron chi connectivity index (χ4n) is 8.29. The number of aliphatic hydroxyl groups is 2. The summed E-state index contributed by atoms with van der Waals surface area (Å²) in [6.07, 6.45) is 7.30. The van der Waals surface area contributed by atoms with E-state index in [2.05, 4.69) is 79.8 Å². The van der Waals surface area contributed by atoms with Gasteiger partial charge in [0.25, 0.3) is 0 Å². The first-order chi connectivity index (χ1) is 36.3. The monoisotopic (exact) mass is 1080 g/mol. The summed E-state index contributed by atoms with van der Waals surface area (Å²) in [4.78, 5) is 144. The molecule has 1 saturated heterocycles. The van der Waals surface area contributed by atoms with Gasteiger partial charge in [-0.1, -0.05) is 44.2 Å². The average molecular weight is 1080 g/mol. The number of imidazole rings is 3. The molecule has 1 aliphatic heterocycles. The Hall–Kier alpha value is -7.69. The highest BCUT2D eigenvalue weighted by Gasteiger charge is 2.40. The number of hydrogen-bond donors (Lipinski definition) is 15. The van der Waals surface area contributed by atoms with Crippen molar-refractivity contribution in [3.05, 3.63) is 90.5 Å². The van der Waals surface area contributed by atoms with Crippen molar-refractivity contribution < 1.29 is 58.5 Å². The molecular formula is C48H67N15O12S. The van der Waals surface area contributed by atoms with Gasteiger partial charge >= 0.3 is 5.97 Å². The zero-order valence-electron chi connectivity index (χ0n) is 42.1. The van der Waals surface area contributed by atoms with Crippen LogP contribution in [0.4, 0.5) is 0 Å². The lowest BCUT2D eigenvalue weighted by Crippen LogP contribution is -2.62. The maximum atomic E-state index is 14.3. The van der Waals surface area contributed by atoms with E-state index in [1.54, 1.807) is 44.2 Å². The average Bonchev–Trinajstić information content (AvgIpc) is 4.26. The molecule has 4 aromatic rings. The third kappa shape index (κ3) is 17.5. The zero-order chi connectivity index (χ0) is 55.5. The lowest BCUT2D eigenvalue weighted by atomic mass is 10.0. The van der Waals surface area contributed by atoms with Crippen LogP contribution in [-0.4, -0.2) is 183 Å². The number of benzene rings is 1. The van der Waals surface area contributed by atoms with Gasteiger partial charge in [0.2, 0.25) is 47.3 Å². The molecule has 0 unspecified atom stereocenters. The van der Waals surface area contributed by atoms with Crippen molar-refractivity contribution in [2.75, 3.05) is 18.9 Å². The van der Waals surface area contributed by atoms with E-state index in [1.165, 1.54) is 49.4 Å². The number of aliphatic carboxylic acids is 1. The highest BCUT2D eigenvalue weighted by Crippen LogP contribution is 2.20. The van der Waals surface area contributed by atoms with Crippen molar-refractivity contribution >= 4 is 65.9 Å². The molecular weight excluding hydrogens is 1010 g/mol. The van der Waals surface area contributed by atoms with E-state index in [1.807, 2.05) is 0 Å². The minimum atomic E-state index is -1.72. The summed E-state index contributed by atoms with van der Waals surface area (Å²) in [5.41, 5.74) is 8.17. The van der Waals surface area contributed by atoms with Crippen LogP contribution in [0.3, 0.4) is 0 Å². The minimum absolute atomic E-state index is 0.00505. The number of carboxylic acid groups (broad SMARTS) is 1. The minimum Gasteiger partial charge on any atom is -0.480 e. The van der Waals surface area contributed by atoms with Gasteiger partial charge in [0.05, 0.1) is 37.7 Å². The fourth-order valence-corrected chi connectivity index (χ4v) is 8.55. The molecule has 8 amide bonds. The van der Waals surface area contributed by atoms with Crippen LogP contribution < -0.4 is 43.0 Å². The molecule has 10 atom stereocenters.